The van der Waals surface area contributed by atoms with E-state index in [4.69, 9.17) is 5.11 Å². The fraction of sp³-hybridized carbons (Fsp3) is 0.500. The molecule has 0 heterocycles. The predicted molar refractivity (Wildman–Crippen MR) is 58.4 cm³/mol. The Bertz CT molecular complexity index is 290. The van der Waals surface area contributed by atoms with E-state index in [9.17, 15) is 10.2 Å². The van der Waals surface area contributed by atoms with Gasteiger partial charge in [0.2, 0.25) is 0 Å². The number of benzene rings is 1. The van der Waals surface area contributed by atoms with E-state index in [1.807, 2.05) is 0 Å². The summed E-state index contributed by atoms with van der Waals surface area (Å²) in [5.41, 5.74) is 0.427. The third-order valence-corrected chi connectivity index (χ3v) is 2.46. The summed E-state index contributed by atoms with van der Waals surface area (Å²) >= 11 is 0. The van der Waals surface area contributed by atoms with Crippen LogP contribution in [-0.2, 0) is 5.79 Å². The van der Waals surface area contributed by atoms with E-state index in [0.717, 1.165) is 19.3 Å². The van der Waals surface area contributed by atoms with Crippen molar-refractivity contribution in [2.24, 2.45) is 0 Å². The Morgan fingerprint density at radius 1 is 1.07 bits per heavy atom. The van der Waals surface area contributed by atoms with Crippen LogP contribution in [0.25, 0.3) is 0 Å². The smallest absolute Gasteiger partial charge is 0.189 e. The van der Waals surface area contributed by atoms with Crippen molar-refractivity contribution in [3.05, 3.63) is 29.8 Å². The standard InChI is InChI=1S/C12H18O3/c1-2-3-4-9-12(14,15)10-5-7-11(13)8-6-10/h5-8,13-15H,2-4,9H2,1H3. The average Bonchev–Trinajstić information content (AvgIpc) is 2.18. The highest BCUT2D eigenvalue weighted by molar-refractivity contribution is 5.28. The van der Waals surface area contributed by atoms with Crippen LogP contribution in [0.3, 0.4) is 0 Å². The number of hydrogen-bond donors (Lipinski definition) is 3. The number of rotatable bonds is 5. The van der Waals surface area contributed by atoms with Gasteiger partial charge in [-0.2, -0.15) is 0 Å². The third kappa shape index (κ3) is 3.53. The molecule has 15 heavy (non-hydrogen) atoms. The summed E-state index contributed by atoms with van der Waals surface area (Å²) in [5.74, 6) is -1.65. The van der Waals surface area contributed by atoms with Crippen LogP contribution in [-0.4, -0.2) is 15.3 Å². The van der Waals surface area contributed by atoms with Crippen LogP contribution in [0.15, 0.2) is 24.3 Å². The third-order valence-electron chi connectivity index (χ3n) is 2.46. The van der Waals surface area contributed by atoms with Gasteiger partial charge in [0.05, 0.1) is 0 Å². The summed E-state index contributed by atoms with van der Waals surface area (Å²) in [6.45, 7) is 2.07. The lowest BCUT2D eigenvalue weighted by atomic mass is 9.99. The summed E-state index contributed by atoms with van der Waals surface area (Å²) in [6, 6.07) is 5.97. The maximum absolute atomic E-state index is 9.78. The summed E-state index contributed by atoms with van der Waals surface area (Å²) < 4.78 is 0. The molecule has 0 saturated carbocycles. The Kier molecular flexibility index (Phi) is 4.12. The predicted octanol–water partition coefficient (Wildman–Crippen LogP) is 2.11. The summed E-state index contributed by atoms with van der Waals surface area (Å²) in [5, 5.41) is 28.6. The highest BCUT2D eigenvalue weighted by atomic mass is 16.5. The molecule has 0 radical (unpaired) electrons. The minimum atomic E-state index is -1.77. The second-order valence-corrected chi connectivity index (χ2v) is 3.82. The normalized spacial score (nSPS) is 11.7. The average molecular weight is 210 g/mol. The molecule has 1 aromatic carbocycles. The van der Waals surface area contributed by atoms with Gasteiger partial charge in [-0.25, -0.2) is 0 Å². The Hall–Kier alpha value is -1.06. The first-order valence-corrected chi connectivity index (χ1v) is 5.30. The van der Waals surface area contributed by atoms with Gasteiger partial charge in [0.15, 0.2) is 5.79 Å². The van der Waals surface area contributed by atoms with E-state index in [0.29, 0.717) is 12.0 Å². The molecule has 3 heteroatoms. The Labute approximate surface area is 90.0 Å². The zero-order chi connectivity index (χ0) is 11.3. The Morgan fingerprint density at radius 3 is 2.20 bits per heavy atom. The minimum absolute atomic E-state index is 0.128. The molecule has 0 aliphatic rings. The first-order chi connectivity index (χ1) is 7.06. The first-order valence-electron chi connectivity index (χ1n) is 5.30. The molecule has 3 N–H and O–H groups in total. The molecule has 84 valence electrons. The molecule has 0 spiro atoms. The highest BCUT2D eigenvalue weighted by Gasteiger charge is 2.24. The van der Waals surface area contributed by atoms with E-state index in [-0.39, 0.29) is 5.75 Å². The highest BCUT2D eigenvalue weighted by Crippen LogP contribution is 2.25. The maximum Gasteiger partial charge on any atom is 0.189 e. The number of unbranched alkanes of at least 4 members (excludes halogenated alkanes) is 2. The largest absolute Gasteiger partial charge is 0.508 e. The number of aromatic hydroxyl groups is 1. The number of phenols is 1. The molecule has 0 aliphatic carbocycles. The lowest BCUT2D eigenvalue weighted by Gasteiger charge is -2.22. The van der Waals surface area contributed by atoms with E-state index >= 15 is 0 Å². The minimum Gasteiger partial charge on any atom is -0.508 e. The van der Waals surface area contributed by atoms with Gasteiger partial charge < -0.3 is 15.3 Å². The van der Waals surface area contributed by atoms with Gasteiger partial charge >= 0.3 is 0 Å². The van der Waals surface area contributed by atoms with Crippen molar-refractivity contribution in [2.75, 3.05) is 0 Å². The van der Waals surface area contributed by atoms with E-state index in [2.05, 4.69) is 6.92 Å². The van der Waals surface area contributed by atoms with Gasteiger partial charge in [-0.3, -0.25) is 0 Å². The number of hydrogen-bond acceptors (Lipinski definition) is 3. The van der Waals surface area contributed by atoms with Crippen molar-refractivity contribution in [2.45, 2.75) is 38.4 Å². The van der Waals surface area contributed by atoms with Gasteiger partial charge in [-0.15, -0.1) is 0 Å². The molecule has 0 aromatic heterocycles. The molecule has 3 nitrogen and oxygen atoms in total. The van der Waals surface area contributed by atoms with Crippen molar-refractivity contribution in [1.82, 2.24) is 0 Å². The van der Waals surface area contributed by atoms with Gasteiger partial charge in [-0.05, 0) is 30.7 Å². The SMILES string of the molecule is CCCCCC(O)(O)c1ccc(O)cc1. The quantitative estimate of drug-likeness (QED) is 0.515. The van der Waals surface area contributed by atoms with Crippen molar-refractivity contribution < 1.29 is 15.3 Å². The molecule has 1 rings (SSSR count). The van der Waals surface area contributed by atoms with Crippen LogP contribution in [0.5, 0.6) is 5.75 Å². The van der Waals surface area contributed by atoms with Gasteiger partial charge in [0.25, 0.3) is 0 Å². The lowest BCUT2D eigenvalue weighted by molar-refractivity contribution is -0.175. The fourth-order valence-corrected chi connectivity index (χ4v) is 1.49. The molecule has 1 aromatic rings. The molecule has 0 bridgehead atoms. The monoisotopic (exact) mass is 210 g/mol. The second-order valence-electron chi connectivity index (χ2n) is 3.82. The van der Waals surface area contributed by atoms with Crippen molar-refractivity contribution in [3.8, 4) is 5.75 Å². The maximum atomic E-state index is 9.78. The fourth-order valence-electron chi connectivity index (χ4n) is 1.49. The molecule has 0 fully saturated rings. The van der Waals surface area contributed by atoms with Crippen LogP contribution >= 0.6 is 0 Å². The summed E-state index contributed by atoms with van der Waals surface area (Å²) in [6.07, 6.45) is 3.14. The van der Waals surface area contributed by atoms with Crippen LogP contribution in [0.4, 0.5) is 0 Å². The molecule has 0 aliphatic heterocycles. The first kappa shape index (κ1) is 12.0. The van der Waals surface area contributed by atoms with E-state index < -0.39 is 5.79 Å². The van der Waals surface area contributed by atoms with Crippen LogP contribution in [0.1, 0.15) is 38.2 Å². The van der Waals surface area contributed by atoms with Crippen molar-refractivity contribution >= 4 is 0 Å². The second kappa shape index (κ2) is 5.14. The lowest BCUT2D eigenvalue weighted by Crippen LogP contribution is -2.24. The Balaban J connectivity index is 2.63. The van der Waals surface area contributed by atoms with Gasteiger partial charge in [0.1, 0.15) is 5.75 Å². The molecule has 0 unspecified atom stereocenters. The molecule has 0 saturated heterocycles. The van der Waals surface area contributed by atoms with Crippen LogP contribution < -0.4 is 0 Å². The van der Waals surface area contributed by atoms with Gasteiger partial charge in [0, 0.05) is 12.0 Å². The molecule has 0 atom stereocenters. The number of phenolic OH excluding ortho intramolecular Hbond substituents is 1. The zero-order valence-electron chi connectivity index (χ0n) is 8.98. The van der Waals surface area contributed by atoms with Crippen LogP contribution in [0.2, 0.25) is 0 Å². The van der Waals surface area contributed by atoms with Crippen molar-refractivity contribution in [3.63, 3.8) is 0 Å². The summed E-state index contributed by atoms with van der Waals surface area (Å²) in [4.78, 5) is 0. The van der Waals surface area contributed by atoms with E-state index in [1.165, 1.54) is 24.3 Å². The molecule has 0 amide bonds. The van der Waals surface area contributed by atoms with E-state index in [1.54, 1.807) is 0 Å². The molecular weight excluding hydrogens is 192 g/mol. The van der Waals surface area contributed by atoms with Gasteiger partial charge in [-0.1, -0.05) is 19.8 Å². The Morgan fingerprint density at radius 2 is 1.67 bits per heavy atom. The number of aliphatic hydroxyl groups is 2. The van der Waals surface area contributed by atoms with Crippen LogP contribution in [0, 0.1) is 0 Å². The molecular formula is C12H18O3. The van der Waals surface area contributed by atoms with Crippen molar-refractivity contribution in [1.29, 1.82) is 0 Å². The topological polar surface area (TPSA) is 60.7 Å². The zero-order valence-corrected chi connectivity index (χ0v) is 8.98. The summed E-state index contributed by atoms with van der Waals surface area (Å²) in [7, 11) is 0.